The number of ether oxygens (including phenoxy) is 1. The first-order valence-electron chi connectivity index (χ1n) is 9.59. The van der Waals surface area contributed by atoms with Crippen LogP contribution >= 0.6 is 0 Å². The molecule has 0 spiro atoms. The van der Waals surface area contributed by atoms with Crippen molar-refractivity contribution in [2.24, 2.45) is 11.8 Å². The maximum atomic E-state index is 12.7. The molecule has 1 fully saturated rings. The summed E-state index contributed by atoms with van der Waals surface area (Å²) in [7, 11) is 0. The van der Waals surface area contributed by atoms with Gasteiger partial charge in [-0.2, -0.15) is 0 Å². The van der Waals surface area contributed by atoms with Gasteiger partial charge >= 0.3 is 5.97 Å². The summed E-state index contributed by atoms with van der Waals surface area (Å²) < 4.78 is 5.26. The first kappa shape index (κ1) is 19.8. The van der Waals surface area contributed by atoms with Gasteiger partial charge in [-0.05, 0) is 24.3 Å². The second-order valence-electron chi connectivity index (χ2n) is 7.56. The van der Waals surface area contributed by atoms with Crippen molar-refractivity contribution in [3.8, 4) is 0 Å². The van der Waals surface area contributed by atoms with Crippen LogP contribution in [-0.2, 0) is 9.53 Å². The molecule has 0 N–H and O–H groups in total. The van der Waals surface area contributed by atoms with Crippen LogP contribution in [0.2, 0.25) is 0 Å². The van der Waals surface area contributed by atoms with E-state index in [-0.39, 0.29) is 29.4 Å². The van der Waals surface area contributed by atoms with Crippen LogP contribution < -0.4 is 0 Å². The fourth-order valence-corrected chi connectivity index (χ4v) is 3.77. The normalized spacial score (nSPS) is 19.1. The highest BCUT2D eigenvalue weighted by atomic mass is 16.5. The third kappa shape index (κ3) is 4.66. The summed E-state index contributed by atoms with van der Waals surface area (Å²) >= 11 is 0. The summed E-state index contributed by atoms with van der Waals surface area (Å²) in [6.07, 6.45) is 1.10. The molecule has 1 aliphatic heterocycles. The van der Waals surface area contributed by atoms with Crippen LogP contribution in [0.3, 0.4) is 0 Å². The molecular weight excluding hydrogens is 354 g/mol. The number of esters is 1. The Hall–Kier alpha value is -2.95. The van der Waals surface area contributed by atoms with Gasteiger partial charge in [0.05, 0.1) is 5.56 Å². The monoisotopic (exact) mass is 379 g/mol. The quantitative estimate of drug-likeness (QED) is 0.588. The zero-order valence-electron chi connectivity index (χ0n) is 16.3. The summed E-state index contributed by atoms with van der Waals surface area (Å²) in [6, 6.07) is 15.3. The van der Waals surface area contributed by atoms with Crippen molar-refractivity contribution in [2.75, 3.05) is 19.7 Å². The van der Waals surface area contributed by atoms with Gasteiger partial charge in [0.2, 0.25) is 0 Å². The van der Waals surface area contributed by atoms with E-state index in [1.54, 1.807) is 53.4 Å². The smallest absolute Gasteiger partial charge is 0.339 e. The van der Waals surface area contributed by atoms with E-state index in [9.17, 15) is 14.4 Å². The number of ketones is 1. The van der Waals surface area contributed by atoms with Gasteiger partial charge in [0.15, 0.2) is 12.4 Å². The molecule has 146 valence electrons. The number of likely N-dealkylation sites (tertiary alicyclic amines) is 1. The Bertz CT molecular complexity index is 852. The van der Waals surface area contributed by atoms with Crippen molar-refractivity contribution in [3.05, 3.63) is 71.3 Å². The molecule has 5 nitrogen and oxygen atoms in total. The van der Waals surface area contributed by atoms with Crippen molar-refractivity contribution < 1.29 is 19.1 Å². The Morgan fingerprint density at radius 1 is 0.893 bits per heavy atom. The van der Waals surface area contributed by atoms with Gasteiger partial charge < -0.3 is 9.64 Å². The lowest BCUT2D eigenvalue weighted by molar-refractivity contribution is -0.137. The van der Waals surface area contributed by atoms with E-state index in [1.807, 2.05) is 6.07 Å². The number of hydrogen-bond donors (Lipinski definition) is 0. The zero-order valence-corrected chi connectivity index (χ0v) is 16.3. The Labute approximate surface area is 165 Å². The molecule has 0 aromatic heterocycles. The molecule has 3 rings (SSSR count). The third-order valence-corrected chi connectivity index (χ3v) is 4.98. The number of carbonyl (C=O) groups excluding carboxylic acids is 3. The maximum Gasteiger partial charge on any atom is 0.339 e. The van der Waals surface area contributed by atoms with Crippen molar-refractivity contribution in [1.82, 2.24) is 4.90 Å². The molecule has 1 saturated heterocycles. The summed E-state index contributed by atoms with van der Waals surface area (Å²) in [5.41, 5.74) is 0.936. The highest BCUT2D eigenvalue weighted by Gasteiger charge is 2.26. The van der Waals surface area contributed by atoms with Crippen molar-refractivity contribution in [3.63, 3.8) is 0 Å². The highest BCUT2D eigenvalue weighted by Crippen LogP contribution is 2.21. The van der Waals surface area contributed by atoms with Gasteiger partial charge in [-0.3, -0.25) is 9.59 Å². The molecule has 2 aromatic rings. The minimum absolute atomic E-state index is 0.171. The summed E-state index contributed by atoms with van der Waals surface area (Å²) in [6.45, 7) is 5.29. The molecule has 28 heavy (non-hydrogen) atoms. The number of carbonyl (C=O) groups is 3. The van der Waals surface area contributed by atoms with Crippen LogP contribution in [0.5, 0.6) is 0 Å². The van der Waals surface area contributed by atoms with Gasteiger partial charge in [0.1, 0.15) is 0 Å². The van der Waals surface area contributed by atoms with E-state index >= 15 is 0 Å². The molecule has 1 heterocycles. The summed E-state index contributed by atoms with van der Waals surface area (Å²) in [5, 5.41) is 0. The number of rotatable bonds is 5. The van der Waals surface area contributed by atoms with Crippen molar-refractivity contribution in [1.29, 1.82) is 0 Å². The van der Waals surface area contributed by atoms with E-state index in [0.717, 1.165) is 6.42 Å². The van der Waals surface area contributed by atoms with E-state index in [4.69, 9.17) is 4.74 Å². The van der Waals surface area contributed by atoms with Gasteiger partial charge in [-0.25, -0.2) is 4.79 Å². The Kier molecular flexibility index (Phi) is 6.24. The molecule has 0 unspecified atom stereocenters. The topological polar surface area (TPSA) is 63.7 Å². The van der Waals surface area contributed by atoms with Crippen LogP contribution in [0.25, 0.3) is 0 Å². The number of nitrogens with zero attached hydrogens (tertiary/aromatic N) is 1. The SMILES string of the molecule is C[C@@H]1C[C@@H](C)CN(C(=O)COC(=O)c2ccccc2C(=O)c2ccccc2)C1. The Morgan fingerprint density at radius 3 is 2.11 bits per heavy atom. The predicted octanol–water partition coefficient (Wildman–Crippen LogP) is 3.58. The third-order valence-electron chi connectivity index (χ3n) is 4.98. The second kappa shape index (κ2) is 8.83. The lowest BCUT2D eigenvalue weighted by Crippen LogP contribution is -2.44. The van der Waals surface area contributed by atoms with Crippen LogP contribution in [0.4, 0.5) is 0 Å². The second-order valence-corrected chi connectivity index (χ2v) is 7.56. The molecule has 0 radical (unpaired) electrons. The Morgan fingerprint density at radius 2 is 1.46 bits per heavy atom. The number of amides is 1. The van der Waals surface area contributed by atoms with E-state index in [2.05, 4.69) is 13.8 Å². The standard InChI is InChI=1S/C23H25NO4/c1-16-12-17(2)14-24(13-16)21(25)15-28-23(27)20-11-7-6-10-19(20)22(26)18-8-4-3-5-9-18/h3-11,16-17H,12-15H2,1-2H3/t16-,17-/m1/s1. The molecule has 0 saturated carbocycles. The van der Waals surface area contributed by atoms with Gasteiger partial charge in [-0.15, -0.1) is 0 Å². The fourth-order valence-electron chi connectivity index (χ4n) is 3.77. The molecule has 2 atom stereocenters. The summed E-state index contributed by atoms with van der Waals surface area (Å²) in [5.74, 6) is -0.233. The first-order valence-corrected chi connectivity index (χ1v) is 9.59. The van der Waals surface area contributed by atoms with Crippen LogP contribution in [-0.4, -0.2) is 42.3 Å². The zero-order chi connectivity index (χ0) is 20.1. The predicted molar refractivity (Wildman–Crippen MR) is 106 cm³/mol. The van der Waals surface area contributed by atoms with Crippen LogP contribution in [0, 0.1) is 11.8 Å². The molecule has 1 amide bonds. The first-order chi connectivity index (χ1) is 13.5. The molecule has 5 heteroatoms. The summed E-state index contributed by atoms with van der Waals surface area (Å²) in [4.78, 5) is 39.5. The minimum atomic E-state index is -0.661. The van der Waals surface area contributed by atoms with Gasteiger partial charge in [0, 0.05) is 24.2 Å². The minimum Gasteiger partial charge on any atom is -0.452 e. The average Bonchev–Trinajstić information content (AvgIpc) is 2.71. The fraction of sp³-hybridized carbons (Fsp3) is 0.348. The van der Waals surface area contributed by atoms with Crippen molar-refractivity contribution in [2.45, 2.75) is 20.3 Å². The lowest BCUT2D eigenvalue weighted by Gasteiger charge is -2.34. The average molecular weight is 379 g/mol. The van der Waals surface area contributed by atoms with E-state index in [0.29, 0.717) is 30.5 Å². The van der Waals surface area contributed by atoms with E-state index < -0.39 is 5.97 Å². The van der Waals surface area contributed by atoms with Gasteiger partial charge in [0.25, 0.3) is 5.91 Å². The maximum absolute atomic E-state index is 12.7. The molecule has 1 aliphatic rings. The lowest BCUT2D eigenvalue weighted by atomic mass is 9.92. The van der Waals surface area contributed by atoms with E-state index in [1.165, 1.54) is 0 Å². The largest absolute Gasteiger partial charge is 0.452 e. The number of piperidine rings is 1. The Balaban J connectivity index is 1.68. The van der Waals surface area contributed by atoms with Crippen LogP contribution in [0.15, 0.2) is 54.6 Å². The number of benzene rings is 2. The van der Waals surface area contributed by atoms with Crippen LogP contribution in [0.1, 0.15) is 46.5 Å². The highest BCUT2D eigenvalue weighted by molar-refractivity contribution is 6.14. The molecule has 0 aliphatic carbocycles. The van der Waals surface area contributed by atoms with Gasteiger partial charge in [-0.1, -0.05) is 62.4 Å². The molecular formula is C23H25NO4. The molecule has 2 aromatic carbocycles. The number of hydrogen-bond acceptors (Lipinski definition) is 4. The molecule has 0 bridgehead atoms. The van der Waals surface area contributed by atoms with Crippen molar-refractivity contribution >= 4 is 17.7 Å².